The van der Waals surface area contributed by atoms with Crippen LogP contribution in [0.5, 0.6) is 0 Å². The number of hydrogen-bond donors (Lipinski definition) is 0. The molecule has 0 bridgehead atoms. The van der Waals surface area contributed by atoms with Gasteiger partial charge in [-0.1, -0.05) is 24.3 Å². The van der Waals surface area contributed by atoms with Gasteiger partial charge in [0.1, 0.15) is 0 Å². The Hall–Kier alpha value is -1.04. The zero-order valence-corrected chi connectivity index (χ0v) is 7.22. The topological polar surface area (TPSA) is 0 Å². The third-order valence-electron chi connectivity index (χ3n) is 2.08. The Morgan fingerprint density at radius 3 is 2.73 bits per heavy atom. The van der Waals surface area contributed by atoms with Crippen LogP contribution in [0.15, 0.2) is 30.9 Å². The van der Waals surface area contributed by atoms with Gasteiger partial charge in [0, 0.05) is 0 Å². The summed E-state index contributed by atoms with van der Waals surface area (Å²) in [7, 11) is 0. The SMILES string of the molecule is C=CCc1cccc(C)c1C. The van der Waals surface area contributed by atoms with Crippen LogP contribution >= 0.6 is 0 Å². The second-order valence-corrected chi connectivity index (χ2v) is 2.85. The fourth-order valence-electron chi connectivity index (χ4n) is 1.19. The van der Waals surface area contributed by atoms with Gasteiger partial charge in [-0.05, 0) is 37.0 Å². The molecule has 1 rings (SSSR count). The molecule has 1 aromatic carbocycles. The van der Waals surface area contributed by atoms with Crippen molar-refractivity contribution in [2.45, 2.75) is 20.3 Å². The van der Waals surface area contributed by atoms with E-state index in [9.17, 15) is 0 Å². The molecule has 0 saturated carbocycles. The Kier molecular flexibility index (Phi) is 2.48. The molecule has 0 amide bonds. The van der Waals surface area contributed by atoms with Crippen LogP contribution in [0, 0.1) is 13.8 Å². The van der Waals surface area contributed by atoms with Crippen molar-refractivity contribution in [3.8, 4) is 0 Å². The highest BCUT2D eigenvalue weighted by atomic mass is 14.0. The van der Waals surface area contributed by atoms with Crippen LogP contribution in [0.25, 0.3) is 0 Å². The number of aryl methyl sites for hydroxylation is 1. The fourth-order valence-corrected chi connectivity index (χ4v) is 1.19. The van der Waals surface area contributed by atoms with E-state index in [-0.39, 0.29) is 0 Å². The summed E-state index contributed by atoms with van der Waals surface area (Å²) in [4.78, 5) is 0. The number of rotatable bonds is 2. The molecule has 0 atom stereocenters. The highest BCUT2D eigenvalue weighted by Crippen LogP contribution is 2.12. The molecule has 0 saturated heterocycles. The van der Waals surface area contributed by atoms with Gasteiger partial charge < -0.3 is 0 Å². The van der Waals surface area contributed by atoms with Crippen molar-refractivity contribution in [2.24, 2.45) is 0 Å². The molecule has 0 aliphatic carbocycles. The van der Waals surface area contributed by atoms with Crippen molar-refractivity contribution in [2.75, 3.05) is 0 Å². The zero-order chi connectivity index (χ0) is 8.27. The molecule has 0 aliphatic rings. The lowest BCUT2D eigenvalue weighted by atomic mass is 10.0. The van der Waals surface area contributed by atoms with Crippen LogP contribution in [-0.2, 0) is 6.42 Å². The molecular weight excluding hydrogens is 132 g/mol. The lowest BCUT2D eigenvalue weighted by Gasteiger charge is -2.04. The van der Waals surface area contributed by atoms with Crippen LogP contribution in [-0.4, -0.2) is 0 Å². The van der Waals surface area contributed by atoms with E-state index in [2.05, 4.69) is 38.6 Å². The lowest BCUT2D eigenvalue weighted by Crippen LogP contribution is -1.88. The smallest absolute Gasteiger partial charge is 0.00974 e. The molecule has 0 aliphatic heterocycles. The number of allylic oxidation sites excluding steroid dienone is 1. The Bertz CT molecular complexity index is 259. The first-order valence-electron chi connectivity index (χ1n) is 3.91. The predicted molar refractivity (Wildman–Crippen MR) is 49.8 cm³/mol. The van der Waals surface area contributed by atoms with Gasteiger partial charge in [0.2, 0.25) is 0 Å². The van der Waals surface area contributed by atoms with Gasteiger partial charge >= 0.3 is 0 Å². The van der Waals surface area contributed by atoms with Gasteiger partial charge in [-0.15, -0.1) is 6.58 Å². The van der Waals surface area contributed by atoms with Crippen LogP contribution in [0.1, 0.15) is 16.7 Å². The molecule has 0 aromatic heterocycles. The molecule has 1 aromatic rings. The van der Waals surface area contributed by atoms with Crippen LogP contribution < -0.4 is 0 Å². The summed E-state index contributed by atoms with van der Waals surface area (Å²) < 4.78 is 0. The maximum atomic E-state index is 3.73. The maximum Gasteiger partial charge on any atom is -0.00974 e. The summed E-state index contributed by atoms with van der Waals surface area (Å²) in [6.07, 6.45) is 2.93. The highest BCUT2D eigenvalue weighted by Gasteiger charge is 1.96. The van der Waals surface area contributed by atoms with Gasteiger partial charge in [-0.3, -0.25) is 0 Å². The summed E-state index contributed by atoms with van der Waals surface area (Å²) >= 11 is 0. The minimum absolute atomic E-state index is 0.980. The summed E-state index contributed by atoms with van der Waals surface area (Å²) in [5.41, 5.74) is 4.15. The van der Waals surface area contributed by atoms with E-state index >= 15 is 0 Å². The Labute approximate surface area is 68.6 Å². The molecule has 58 valence electrons. The van der Waals surface area contributed by atoms with Crippen molar-refractivity contribution in [3.63, 3.8) is 0 Å². The first-order chi connectivity index (χ1) is 5.25. The van der Waals surface area contributed by atoms with Crippen LogP contribution in [0.4, 0.5) is 0 Å². The van der Waals surface area contributed by atoms with Gasteiger partial charge in [-0.25, -0.2) is 0 Å². The van der Waals surface area contributed by atoms with Crippen molar-refractivity contribution in [1.29, 1.82) is 0 Å². The monoisotopic (exact) mass is 146 g/mol. The number of hydrogen-bond acceptors (Lipinski definition) is 0. The molecule has 0 fully saturated rings. The Morgan fingerprint density at radius 1 is 1.36 bits per heavy atom. The van der Waals surface area contributed by atoms with Crippen LogP contribution in [0.2, 0.25) is 0 Å². The Morgan fingerprint density at radius 2 is 2.09 bits per heavy atom. The third-order valence-corrected chi connectivity index (χ3v) is 2.08. The third kappa shape index (κ3) is 1.70. The molecular formula is C11H14. The number of benzene rings is 1. The van der Waals surface area contributed by atoms with E-state index < -0.39 is 0 Å². The predicted octanol–water partition coefficient (Wildman–Crippen LogP) is 3.03. The lowest BCUT2D eigenvalue weighted by molar-refractivity contribution is 1.18. The molecule has 0 unspecified atom stereocenters. The van der Waals surface area contributed by atoms with Gasteiger partial charge in [0.15, 0.2) is 0 Å². The molecule has 11 heavy (non-hydrogen) atoms. The van der Waals surface area contributed by atoms with E-state index in [4.69, 9.17) is 0 Å². The summed E-state index contributed by atoms with van der Waals surface area (Å²) in [6, 6.07) is 6.40. The van der Waals surface area contributed by atoms with Crippen molar-refractivity contribution in [3.05, 3.63) is 47.5 Å². The van der Waals surface area contributed by atoms with Gasteiger partial charge in [-0.2, -0.15) is 0 Å². The second-order valence-electron chi connectivity index (χ2n) is 2.85. The summed E-state index contributed by atoms with van der Waals surface area (Å²) in [5, 5.41) is 0. The second kappa shape index (κ2) is 3.38. The zero-order valence-electron chi connectivity index (χ0n) is 7.22. The average molecular weight is 146 g/mol. The largest absolute Gasteiger partial charge is 0.103 e. The van der Waals surface area contributed by atoms with Crippen molar-refractivity contribution >= 4 is 0 Å². The molecule has 0 spiro atoms. The maximum absolute atomic E-state index is 3.73. The first kappa shape index (κ1) is 8.06. The fraction of sp³-hybridized carbons (Fsp3) is 0.273. The minimum Gasteiger partial charge on any atom is -0.103 e. The van der Waals surface area contributed by atoms with E-state index in [0.717, 1.165) is 6.42 Å². The van der Waals surface area contributed by atoms with Gasteiger partial charge in [0.25, 0.3) is 0 Å². The first-order valence-corrected chi connectivity index (χ1v) is 3.91. The molecule has 0 radical (unpaired) electrons. The van der Waals surface area contributed by atoms with E-state index in [1.165, 1.54) is 16.7 Å². The Balaban J connectivity index is 3.05. The quantitative estimate of drug-likeness (QED) is 0.562. The van der Waals surface area contributed by atoms with Gasteiger partial charge in [0.05, 0.1) is 0 Å². The van der Waals surface area contributed by atoms with E-state index in [1.54, 1.807) is 0 Å². The van der Waals surface area contributed by atoms with E-state index in [0.29, 0.717) is 0 Å². The van der Waals surface area contributed by atoms with Crippen LogP contribution in [0.3, 0.4) is 0 Å². The minimum atomic E-state index is 0.980. The summed E-state index contributed by atoms with van der Waals surface area (Å²) in [6.45, 7) is 8.03. The summed E-state index contributed by atoms with van der Waals surface area (Å²) in [5.74, 6) is 0. The van der Waals surface area contributed by atoms with Crippen molar-refractivity contribution < 1.29 is 0 Å². The molecule has 0 nitrogen and oxygen atoms in total. The highest BCUT2D eigenvalue weighted by molar-refractivity contribution is 5.34. The molecule has 0 heteroatoms. The average Bonchev–Trinajstić information content (AvgIpc) is 1.99. The standard InChI is InChI=1S/C11H14/c1-4-6-11-8-5-7-9(2)10(11)3/h4-5,7-8H,1,6H2,2-3H3. The van der Waals surface area contributed by atoms with Crippen molar-refractivity contribution in [1.82, 2.24) is 0 Å². The van der Waals surface area contributed by atoms with E-state index in [1.807, 2.05) is 6.08 Å². The molecule has 0 heterocycles. The normalized spacial score (nSPS) is 9.64. The molecule has 0 N–H and O–H groups in total.